The molecule has 0 aromatic heterocycles. The van der Waals surface area contributed by atoms with Gasteiger partial charge in [0.2, 0.25) is 0 Å². The van der Waals surface area contributed by atoms with Gasteiger partial charge in [-0.15, -0.1) is 0 Å². The van der Waals surface area contributed by atoms with Crippen LogP contribution in [0.1, 0.15) is 47.5 Å². The molecule has 1 atom stereocenters. The summed E-state index contributed by atoms with van der Waals surface area (Å²) in [5.74, 6) is 1.22. The van der Waals surface area contributed by atoms with Crippen molar-refractivity contribution in [2.24, 2.45) is 11.3 Å². The third-order valence-electron chi connectivity index (χ3n) is 2.92. The van der Waals surface area contributed by atoms with Crippen molar-refractivity contribution in [3.05, 3.63) is 11.5 Å². The van der Waals surface area contributed by atoms with Gasteiger partial charge >= 0.3 is 0 Å². The van der Waals surface area contributed by atoms with Crippen LogP contribution in [-0.4, -0.2) is 18.0 Å². The Labute approximate surface area is 105 Å². The zero-order valence-electron chi connectivity index (χ0n) is 11.6. The normalized spacial score (nSPS) is 14.9. The molecule has 0 bridgehead atoms. The molecule has 4 nitrogen and oxygen atoms in total. The predicted octanol–water partition coefficient (Wildman–Crippen LogP) is 3.33. The summed E-state index contributed by atoms with van der Waals surface area (Å²) in [4.78, 5) is 0. The van der Waals surface area contributed by atoms with Crippen molar-refractivity contribution >= 4 is 6.21 Å². The average Bonchev–Trinajstić information content (AvgIpc) is 2.27. The molecule has 0 heterocycles. The highest BCUT2D eigenvalue weighted by atomic mass is 16.5. The third-order valence-corrected chi connectivity index (χ3v) is 2.92. The summed E-state index contributed by atoms with van der Waals surface area (Å²) in [6.07, 6.45) is 3.31. The van der Waals surface area contributed by atoms with E-state index in [1.54, 1.807) is 6.92 Å². The molecule has 0 saturated carbocycles. The second-order valence-corrected chi connectivity index (χ2v) is 5.40. The maximum absolute atomic E-state index is 8.77. The highest BCUT2D eigenvalue weighted by Crippen LogP contribution is 2.28. The lowest BCUT2D eigenvalue weighted by Crippen LogP contribution is -2.23. The fourth-order valence-corrected chi connectivity index (χ4v) is 1.74. The topological polar surface area (TPSA) is 65.3 Å². The first-order chi connectivity index (χ1) is 7.86. The zero-order valence-corrected chi connectivity index (χ0v) is 11.6. The Morgan fingerprint density at radius 2 is 2.12 bits per heavy atom. The fraction of sp³-hybridized carbons (Fsp3) is 0.769. The first kappa shape index (κ1) is 16.0. The first-order valence-corrected chi connectivity index (χ1v) is 6.10. The Kier molecular flexibility index (Phi) is 6.88. The maximum Gasteiger partial charge on any atom is 0.120 e. The second kappa shape index (κ2) is 7.33. The van der Waals surface area contributed by atoms with Crippen molar-refractivity contribution in [1.82, 2.24) is 5.48 Å². The van der Waals surface area contributed by atoms with E-state index >= 15 is 0 Å². The van der Waals surface area contributed by atoms with Crippen molar-refractivity contribution in [2.75, 3.05) is 6.61 Å². The smallest absolute Gasteiger partial charge is 0.120 e. The maximum atomic E-state index is 8.77. The number of rotatable bonds is 8. The molecule has 1 unspecified atom stereocenters. The van der Waals surface area contributed by atoms with Crippen LogP contribution in [0.3, 0.4) is 0 Å². The van der Waals surface area contributed by atoms with E-state index in [1.165, 1.54) is 6.42 Å². The Morgan fingerprint density at radius 1 is 1.53 bits per heavy atom. The summed E-state index contributed by atoms with van der Waals surface area (Å²) in [7, 11) is 0. The van der Waals surface area contributed by atoms with E-state index < -0.39 is 0 Å². The molecule has 0 saturated heterocycles. The summed E-state index contributed by atoms with van der Waals surface area (Å²) in [5.41, 5.74) is 2.34. The minimum Gasteiger partial charge on any atom is -0.495 e. The van der Waals surface area contributed by atoms with Crippen molar-refractivity contribution in [3.63, 3.8) is 0 Å². The van der Waals surface area contributed by atoms with Gasteiger partial charge in [0.25, 0.3) is 0 Å². The van der Waals surface area contributed by atoms with Gasteiger partial charge in [0.1, 0.15) is 11.5 Å². The summed E-state index contributed by atoms with van der Waals surface area (Å²) >= 11 is 0. The number of ether oxygens (including phenoxy) is 1. The fourth-order valence-electron chi connectivity index (χ4n) is 1.74. The SMILES string of the molecule is CCC(C)CC(C)(C)CO/C(C)=C(/C=N)NO. The Hall–Kier alpha value is -1.03. The van der Waals surface area contributed by atoms with Gasteiger partial charge in [-0.2, -0.15) is 0 Å². The van der Waals surface area contributed by atoms with Crippen molar-refractivity contribution in [3.8, 4) is 0 Å². The van der Waals surface area contributed by atoms with Crippen LogP contribution in [-0.2, 0) is 4.74 Å². The summed E-state index contributed by atoms with van der Waals surface area (Å²) in [6.45, 7) is 11.1. The van der Waals surface area contributed by atoms with E-state index in [1.807, 2.05) is 5.48 Å². The largest absolute Gasteiger partial charge is 0.495 e. The van der Waals surface area contributed by atoms with Crippen LogP contribution in [0.4, 0.5) is 0 Å². The molecule has 0 rings (SSSR count). The highest BCUT2D eigenvalue weighted by molar-refractivity contribution is 5.74. The average molecular weight is 242 g/mol. The van der Waals surface area contributed by atoms with Gasteiger partial charge in [0.15, 0.2) is 0 Å². The van der Waals surface area contributed by atoms with Gasteiger partial charge in [0.05, 0.1) is 6.61 Å². The number of nitrogens with one attached hydrogen (secondary N) is 2. The van der Waals surface area contributed by atoms with E-state index in [2.05, 4.69) is 27.7 Å². The predicted molar refractivity (Wildman–Crippen MR) is 70.2 cm³/mol. The van der Waals surface area contributed by atoms with Crippen LogP contribution < -0.4 is 5.48 Å². The molecule has 0 aliphatic carbocycles. The third kappa shape index (κ3) is 6.31. The number of hydrogen-bond acceptors (Lipinski definition) is 4. The molecule has 0 aromatic carbocycles. The number of hydrogen-bond donors (Lipinski definition) is 3. The molecule has 0 fully saturated rings. The minimum atomic E-state index is 0.0965. The second-order valence-electron chi connectivity index (χ2n) is 5.40. The molecule has 0 amide bonds. The first-order valence-electron chi connectivity index (χ1n) is 6.10. The Morgan fingerprint density at radius 3 is 2.53 bits per heavy atom. The molecule has 17 heavy (non-hydrogen) atoms. The molecule has 0 aliphatic rings. The van der Waals surface area contributed by atoms with E-state index in [-0.39, 0.29) is 5.41 Å². The highest BCUT2D eigenvalue weighted by Gasteiger charge is 2.21. The molecule has 0 aromatic rings. The van der Waals surface area contributed by atoms with Crippen LogP contribution in [0.25, 0.3) is 0 Å². The van der Waals surface area contributed by atoms with Crippen LogP contribution in [0.15, 0.2) is 11.5 Å². The summed E-state index contributed by atoms with van der Waals surface area (Å²) in [6, 6.07) is 0. The monoisotopic (exact) mass is 242 g/mol. The van der Waals surface area contributed by atoms with Gasteiger partial charge in [-0.05, 0) is 24.7 Å². The van der Waals surface area contributed by atoms with Crippen LogP contribution >= 0.6 is 0 Å². The lowest BCUT2D eigenvalue weighted by Gasteiger charge is -2.28. The molecular weight excluding hydrogens is 216 g/mol. The van der Waals surface area contributed by atoms with E-state index in [0.717, 1.165) is 12.6 Å². The van der Waals surface area contributed by atoms with Crippen molar-refractivity contribution < 1.29 is 9.94 Å². The zero-order chi connectivity index (χ0) is 13.5. The van der Waals surface area contributed by atoms with E-state index in [9.17, 15) is 0 Å². The van der Waals surface area contributed by atoms with Crippen LogP contribution in [0.2, 0.25) is 0 Å². The van der Waals surface area contributed by atoms with Gasteiger partial charge in [-0.1, -0.05) is 34.1 Å². The molecule has 3 N–H and O–H groups in total. The van der Waals surface area contributed by atoms with Gasteiger partial charge < -0.3 is 10.1 Å². The minimum absolute atomic E-state index is 0.0965. The molecular formula is C13H26N2O2. The summed E-state index contributed by atoms with van der Waals surface area (Å²) < 4.78 is 5.60. The Bertz CT molecular complexity index is 273. The van der Waals surface area contributed by atoms with Gasteiger partial charge in [0, 0.05) is 6.21 Å². The quantitative estimate of drug-likeness (QED) is 0.347. The van der Waals surface area contributed by atoms with E-state index in [0.29, 0.717) is 24.0 Å². The van der Waals surface area contributed by atoms with E-state index in [4.69, 9.17) is 15.4 Å². The van der Waals surface area contributed by atoms with Crippen molar-refractivity contribution in [2.45, 2.75) is 47.5 Å². The lowest BCUT2D eigenvalue weighted by atomic mass is 9.83. The standard InChI is InChI=1S/C13H26N2O2/c1-6-10(2)7-13(4,5)9-17-11(3)12(8-14)15-16/h8,10,14-16H,6-7,9H2,1-5H3/b12-11-,14-8?. The molecule has 100 valence electrons. The summed E-state index contributed by atoms with van der Waals surface area (Å²) in [5, 5.41) is 15.9. The lowest BCUT2D eigenvalue weighted by molar-refractivity contribution is 0.0907. The number of allylic oxidation sites excluding steroid dienone is 2. The van der Waals surface area contributed by atoms with Crippen molar-refractivity contribution in [1.29, 1.82) is 5.41 Å². The molecule has 4 heteroatoms. The van der Waals surface area contributed by atoms with Crippen LogP contribution in [0, 0.1) is 16.7 Å². The molecule has 0 radical (unpaired) electrons. The van der Waals surface area contributed by atoms with Gasteiger partial charge in [-0.25, -0.2) is 0 Å². The Balaban J connectivity index is 4.35. The van der Waals surface area contributed by atoms with Crippen LogP contribution in [0.5, 0.6) is 0 Å². The molecule has 0 aliphatic heterocycles. The number of hydroxylamine groups is 1. The molecule has 0 spiro atoms. The van der Waals surface area contributed by atoms with Gasteiger partial charge in [-0.3, -0.25) is 10.7 Å².